The molecule has 1 atom stereocenters. The third-order valence-electron chi connectivity index (χ3n) is 4.40. The van der Waals surface area contributed by atoms with Crippen LogP contribution in [-0.4, -0.2) is 33.9 Å². The first kappa shape index (κ1) is 14.6. The van der Waals surface area contributed by atoms with E-state index in [1.165, 1.54) is 0 Å². The molecule has 23 heavy (non-hydrogen) atoms. The fraction of sp³-hybridized carbons (Fsp3) is 0.444. The number of imidazole rings is 1. The first-order valence-corrected chi connectivity index (χ1v) is 8.29. The van der Waals surface area contributed by atoms with Crippen LogP contribution < -0.4 is 0 Å². The second kappa shape index (κ2) is 6.26. The Hall–Kier alpha value is -1.98. The van der Waals surface area contributed by atoms with Gasteiger partial charge < -0.3 is 14.0 Å². The smallest absolute Gasteiger partial charge is 0.136 e. The van der Waals surface area contributed by atoms with Crippen LogP contribution in [-0.2, 0) is 22.6 Å². The summed E-state index contributed by atoms with van der Waals surface area (Å²) in [6.45, 7) is 4.89. The van der Waals surface area contributed by atoms with Gasteiger partial charge in [-0.2, -0.15) is 0 Å². The molecule has 1 aliphatic heterocycles. The molecule has 4 rings (SSSR count). The number of benzene rings is 1. The third-order valence-corrected chi connectivity index (χ3v) is 4.40. The molecule has 0 unspecified atom stereocenters. The molecule has 1 aliphatic rings. The van der Waals surface area contributed by atoms with Crippen molar-refractivity contribution in [2.75, 3.05) is 13.2 Å². The molecule has 1 fully saturated rings. The van der Waals surface area contributed by atoms with Gasteiger partial charge in [0.15, 0.2) is 0 Å². The van der Waals surface area contributed by atoms with Gasteiger partial charge in [-0.3, -0.25) is 4.98 Å². The standard InChI is InChI=1S/C18H21N3O2/c1-2-22-12-17-20-16-10-19-15-8-4-3-7-14(15)18(16)21(17)11-13-6-5-9-23-13/h3-4,7-8,10,13H,2,5-6,9,11-12H2,1H3/t13-/m1/s1. The number of ether oxygens (including phenoxy) is 2. The van der Waals surface area contributed by atoms with E-state index in [1.807, 2.05) is 25.3 Å². The van der Waals surface area contributed by atoms with Gasteiger partial charge in [-0.05, 0) is 25.8 Å². The van der Waals surface area contributed by atoms with Gasteiger partial charge in [0.25, 0.3) is 0 Å². The molecule has 0 saturated carbocycles. The van der Waals surface area contributed by atoms with Crippen molar-refractivity contribution in [3.8, 4) is 0 Å². The molecule has 0 N–H and O–H groups in total. The van der Waals surface area contributed by atoms with Gasteiger partial charge in [-0.15, -0.1) is 0 Å². The van der Waals surface area contributed by atoms with Crippen LogP contribution in [0.4, 0.5) is 0 Å². The van der Waals surface area contributed by atoms with Gasteiger partial charge in [-0.1, -0.05) is 18.2 Å². The minimum Gasteiger partial charge on any atom is -0.376 e. The zero-order chi connectivity index (χ0) is 15.6. The lowest BCUT2D eigenvalue weighted by Crippen LogP contribution is -2.17. The van der Waals surface area contributed by atoms with Gasteiger partial charge in [0.2, 0.25) is 0 Å². The number of hydrogen-bond donors (Lipinski definition) is 0. The second-order valence-corrected chi connectivity index (χ2v) is 5.92. The molecule has 0 spiro atoms. The van der Waals surface area contributed by atoms with Crippen molar-refractivity contribution >= 4 is 21.9 Å². The molecule has 5 nitrogen and oxygen atoms in total. The molecular formula is C18H21N3O2. The molecule has 5 heteroatoms. The summed E-state index contributed by atoms with van der Waals surface area (Å²) in [6.07, 6.45) is 4.37. The maximum Gasteiger partial charge on any atom is 0.136 e. The number of hydrogen-bond acceptors (Lipinski definition) is 4. The van der Waals surface area contributed by atoms with E-state index in [2.05, 4.69) is 21.7 Å². The predicted octanol–water partition coefficient (Wildman–Crippen LogP) is 3.30. The average molecular weight is 311 g/mol. The molecule has 0 bridgehead atoms. The van der Waals surface area contributed by atoms with Crippen LogP contribution in [0.25, 0.3) is 21.9 Å². The Balaban J connectivity index is 1.87. The van der Waals surface area contributed by atoms with E-state index in [0.717, 1.165) is 53.8 Å². The Bertz CT molecular complexity index is 822. The van der Waals surface area contributed by atoms with Gasteiger partial charge in [0, 0.05) is 18.6 Å². The van der Waals surface area contributed by atoms with Crippen molar-refractivity contribution in [1.82, 2.24) is 14.5 Å². The van der Waals surface area contributed by atoms with Gasteiger partial charge in [0.1, 0.15) is 17.9 Å². The van der Waals surface area contributed by atoms with E-state index in [0.29, 0.717) is 13.2 Å². The lowest BCUT2D eigenvalue weighted by molar-refractivity contribution is 0.0914. The Kier molecular flexibility index (Phi) is 3.97. The highest BCUT2D eigenvalue weighted by molar-refractivity contribution is 6.02. The van der Waals surface area contributed by atoms with Crippen molar-refractivity contribution in [1.29, 1.82) is 0 Å². The van der Waals surface area contributed by atoms with Crippen molar-refractivity contribution in [2.45, 2.75) is 39.0 Å². The SMILES string of the molecule is CCOCc1nc2cnc3ccccc3c2n1C[C@H]1CCCO1. The summed E-state index contributed by atoms with van der Waals surface area (Å²) in [5, 5.41) is 1.14. The van der Waals surface area contributed by atoms with Crippen LogP contribution in [0.5, 0.6) is 0 Å². The second-order valence-electron chi connectivity index (χ2n) is 5.92. The monoisotopic (exact) mass is 311 g/mol. The van der Waals surface area contributed by atoms with Crippen LogP contribution in [0.3, 0.4) is 0 Å². The largest absolute Gasteiger partial charge is 0.376 e. The average Bonchev–Trinajstić information content (AvgIpc) is 3.21. The molecule has 2 aromatic heterocycles. The molecule has 0 radical (unpaired) electrons. The fourth-order valence-electron chi connectivity index (χ4n) is 3.30. The number of para-hydroxylation sites is 1. The fourth-order valence-corrected chi connectivity index (χ4v) is 3.30. The number of fused-ring (bicyclic) bond motifs is 3. The first-order valence-electron chi connectivity index (χ1n) is 8.29. The summed E-state index contributed by atoms with van der Waals surface area (Å²) in [5.41, 5.74) is 3.06. The normalized spacial score (nSPS) is 18.2. The van der Waals surface area contributed by atoms with Crippen LogP contribution in [0.2, 0.25) is 0 Å². The molecular weight excluding hydrogens is 290 g/mol. The van der Waals surface area contributed by atoms with E-state index in [4.69, 9.17) is 14.5 Å². The van der Waals surface area contributed by atoms with Crippen molar-refractivity contribution in [3.05, 3.63) is 36.3 Å². The lowest BCUT2D eigenvalue weighted by atomic mass is 10.2. The Morgan fingerprint density at radius 3 is 3.04 bits per heavy atom. The highest BCUT2D eigenvalue weighted by Crippen LogP contribution is 2.27. The lowest BCUT2D eigenvalue weighted by Gasteiger charge is -2.15. The topological polar surface area (TPSA) is 49.2 Å². The van der Waals surface area contributed by atoms with Crippen LogP contribution in [0.1, 0.15) is 25.6 Å². The van der Waals surface area contributed by atoms with Gasteiger partial charge >= 0.3 is 0 Å². The Labute approximate surface area is 135 Å². The Morgan fingerprint density at radius 2 is 2.22 bits per heavy atom. The van der Waals surface area contributed by atoms with Crippen LogP contribution in [0, 0.1) is 0 Å². The zero-order valence-electron chi connectivity index (χ0n) is 13.4. The van der Waals surface area contributed by atoms with Crippen LogP contribution >= 0.6 is 0 Å². The van der Waals surface area contributed by atoms with Crippen LogP contribution in [0.15, 0.2) is 30.5 Å². The molecule has 3 heterocycles. The summed E-state index contributed by atoms with van der Waals surface area (Å²) in [6, 6.07) is 8.22. The summed E-state index contributed by atoms with van der Waals surface area (Å²) >= 11 is 0. The van der Waals surface area contributed by atoms with Crippen molar-refractivity contribution in [3.63, 3.8) is 0 Å². The molecule has 1 aromatic carbocycles. The van der Waals surface area contributed by atoms with E-state index in [9.17, 15) is 0 Å². The molecule has 120 valence electrons. The maximum absolute atomic E-state index is 5.84. The van der Waals surface area contributed by atoms with E-state index < -0.39 is 0 Å². The van der Waals surface area contributed by atoms with Crippen molar-refractivity contribution in [2.24, 2.45) is 0 Å². The predicted molar refractivity (Wildman–Crippen MR) is 89.3 cm³/mol. The zero-order valence-corrected chi connectivity index (χ0v) is 13.4. The highest BCUT2D eigenvalue weighted by atomic mass is 16.5. The first-order chi connectivity index (χ1) is 11.4. The minimum absolute atomic E-state index is 0.264. The maximum atomic E-state index is 5.84. The van der Waals surface area contributed by atoms with Gasteiger partial charge in [-0.25, -0.2) is 4.98 Å². The van der Waals surface area contributed by atoms with E-state index >= 15 is 0 Å². The number of rotatable bonds is 5. The number of pyridine rings is 1. The summed E-state index contributed by atoms with van der Waals surface area (Å²) in [5.74, 6) is 0.954. The molecule has 0 amide bonds. The summed E-state index contributed by atoms with van der Waals surface area (Å²) in [7, 11) is 0. The van der Waals surface area contributed by atoms with E-state index in [-0.39, 0.29) is 6.10 Å². The summed E-state index contributed by atoms with van der Waals surface area (Å²) < 4.78 is 13.7. The minimum atomic E-state index is 0.264. The van der Waals surface area contributed by atoms with Crippen molar-refractivity contribution < 1.29 is 9.47 Å². The molecule has 1 saturated heterocycles. The van der Waals surface area contributed by atoms with Gasteiger partial charge in [0.05, 0.1) is 29.9 Å². The number of aromatic nitrogens is 3. The molecule has 0 aliphatic carbocycles. The summed E-state index contributed by atoms with van der Waals surface area (Å²) in [4.78, 5) is 9.29. The van der Waals surface area contributed by atoms with E-state index in [1.54, 1.807) is 0 Å². The number of nitrogens with zero attached hydrogens (tertiary/aromatic N) is 3. The Morgan fingerprint density at radius 1 is 1.30 bits per heavy atom. The third kappa shape index (κ3) is 2.71. The molecule has 3 aromatic rings. The highest BCUT2D eigenvalue weighted by Gasteiger charge is 2.21. The quantitative estimate of drug-likeness (QED) is 0.725.